The van der Waals surface area contributed by atoms with Crippen molar-refractivity contribution in [2.75, 3.05) is 13.2 Å². The van der Waals surface area contributed by atoms with Gasteiger partial charge in [-0.25, -0.2) is 0 Å². The Bertz CT molecular complexity index is 482. The van der Waals surface area contributed by atoms with Crippen molar-refractivity contribution in [1.82, 2.24) is 5.32 Å². The highest BCUT2D eigenvalue weighted by Crippen LogP contribution is 2.43. The van der Waals surface area contributed by atoms with Crippen LogP contribution in [0, 0.1) is 0 Å². The van der Waals surface area contributed by atoms with Crippen LogP contribution in [0.1, 0.15) is 50.1 Å². The molecule has 3 heteroatoms. The van der Waals surface area contributed by atoms with Crippen molar-refractivity contribution in [2.24, 2.45) is 0 Å². The van der Waals surface area contributed by atoms with Crippen molar-refractivity contribution in [3.8, 4) is 5.75 Å². The number of benzene rings is 1. The highest BCUT2D eigenvalue weighted by molar-refractivity contribution is 5.39. The lowest BCUT2D eigenvalue weighted by molar-refractivity contribution is -0.0360. The van der Waals surface area contributed by atoms with E-state index in [2.05, 4.69) is 23.5 Å². The topological polar surface area (TPSA) is 30.5 Å². The number of ether oxygens (including phenoxy) is 2. The van der Waals surface area contributed by atoms with E-state index in [1.165, 1.54) is 44.1 Å². The molecule has 0 aromatic heterocycles. The zero-order chi connectivity index (χ0) is 13.4. The minimum Gasteiger partial charge on any atom is -0.491 e. The summed E-state index contributed by atoms with van der Waals surface area (Å²) in [7, 11) is 0. The van der Waals surface area contributed by atoms with Gasteiger partial charge >= 0.3 is 0 Å². The van der Waals surface area contributed by atoms with Gasteiger partial charge in [0.05, 0.1) is 17.7 Å². The summed E-state index contributed by atoms with van der Waals surface area (Å²) in [6.07, 6.45) is 8.12. The van der Waals surface area contributed by atoms with Gasteiger partial charge in [0.2, 0.25) is 0 Å². The predicted octanol–water partition coefficient (Wildman–Crippen LogP) is 3.20. The Morgan fingerprint density at radius 2 is 2.00 bits per heavy atom. The molecule has 1 N–H and O–H groups in total. The maximum Gasteiger partial charge on any atom is 0.124 e. The van der Waals surface area contributed by atoms with Crippen LogP contribution in [0.2, 0.25) is 0 Å². The lowest BCUT2D eigenvalue weighted by Gasteiger charge is -2.24. The number of hydrogen-bond donors (Lipinski definition) is 1. The Morgan fingerprint density at radius 1 is 1.15 bits per heavy atom. The highest BCUT2D eigenvalue weighted by Gasteiger charge is 2.42. The minimum absolute atomic E-state index is 0.246. The summed E-state index contributed by atoms with van der Waals surface area (Å²) in [5, 5.41) is 3.64. The molecule has 2 fully saturated rings. The molecule has 3 nitrogen and oxygen atoms in total. The number of hydrogen-bond acceptors (Lipinski definition) is 3. The third-order valence-electron chi connectivity index (χ3n) is 5.15. The van der Waals surface area contributed by atoms with Gasteiger partial charge in [-0.2, -0.15) is 0 Å². The van der Waals surface area contributed by atoms with Crippen LogP contribution in [0.3, 0.4) is 0 Å². The molecule has 1 saturated carbocycles. The van der Waals surface area contributed by atoms with Crippen molar-refractivity contribution in [3.05, 3.63) is 29.8 Å². The summed E-state index contributed by atoms with van der Waals surface area (Å²) in [4.78, 5) is 0. The average molecular weight is 273 g/mol. The van der Waals surface area contributed by atoms with E-state index in [-0.39, 0.29) is 5.60 Å². The van der Waals surface area contributed by atoms with Crippen molar-refractivity contribution in [1.29, 1.82) is 0 Å². The van der Waals surface area contributed by atoms with Gasteiger partial charge in [0.25, 0.3) is 0 Å². The van der Waals surface area contributed by atoms with E-state index in [0.29, 0.717) is 12.1 Å². The number of para-hydroxylation sites is 1. The number of rotatable bonds is 3. The van der Waals surface area contributed by atoms with Crippen LogP contribution in [-0.2, 0) is 4.74 Å². The van der Waals surface area contributed by atoms with E-state index in [4.69, 9.17) is 9.47 Å². The molecule has 108 valence electrons. The number of nitrogens with one attached hydrogen (secondary N) is 1. The summed E-state index contributed by atoms with van der Waals surface area (Å²) >= 11 is 0. The number of fused-ring (bicyclic) bond motifs is 1. The monoisotopic (exact) mass is 273 g/mol. The lowest BCUT2D eigenvalue weighted by atomic mass is 9.98. The zero-order valence-electron chi connectivity index (χ0n) is 11.9. The summed E-state index contributed by atoms with van der Waals surface area (Å²) < 4.78 is 12.1. The smallest absolute Gasteiger partial charge is 0.124 e. The molecule has 2 aliphatic heterocycles. The lowest BCUT2D eigenvalue weighted by Crippen LogP contribution is -2.33. The van der Waals surface area contributed by atoms with Crippen molar-refractivity contribution < 1.29 is 9.47 Å². The van der Waals surface area contributed by atoms with Gasteiger partial charge in [0, 0.05) is 12.1 Å². The zero-order valence-corrected chi connectivity index (χ0v) is 11.9. The van der Waals surface area contributed by atoms with Crippen molar-refractivity contribution >= 4 is 0 Å². The molecule has 20 heavy (non-hydrogen) atoms. The first-order valence-electron chi connectivity index (χ1n) is 7.98. The predicted molar refractivity (Wildman–Crippen MR) is 78.0 cm³/mol. The average Bonchev–Trinajstić information content (AvgIpc) is 3.19. The molecule has 2 unspecified atom stereocenters. The Labute approximate surface area is 120 Å². The van der Waals surface area contributed by atoms with Gasteiger partial charge < -0.3 is 14.8 Å². The van der Waals surface area contributed by atoms with Crippen LogP contribution >= 0.6 is 0 Å². The van der Waals surface area contributed by atoms with Crippen LogP contribution < -0.4 is 10.1 Å². The molecule has 1 aromatic carbocycles. The van der Waals surface area contributed by atoms with E-state index < -0.39 is 0 Å². The van der Waals surface area contributed by atoms with Crippen LogP contribution in [0.25, 0.3) is 0 Å². The summed E-state index contributed by atoms with van der Waals surface area (Å²) in [6.45, 7) is 1.70. The van der Waals surface area contributed by atoms with E-state index in [1.807, 2.05) is 6.07 Å². The van der Waals surface area contributed by atoms with Crippen molar-refractivity contribution in [2.45, 2.75) is 56.3 Å². The Hall–Kier alpha value is -1.06. The molecular formula is C17H23NO2. The maximum atomic E-state index is 6.35. The molecule has 0 bridgehead atoms. The fourth-order valence-electron chi connectivity index (χ4n) is 4.03. The van der Waals surface area contributed by atoms with E-state index in [9.17, 15) is 0 Å². The normalized spacial score (nSPS) is 30.6. The van der Waals surface area contributed by atoms with Gasteiger partial charge in [-0.15, -0.1) is 0 Å². The quantitative estimate of drug-likeness (QED) is 0.917. The largest absolute Gasteiger partial charge is 0.491 e. The molecule has 3 aliphatic rings. The molecular weight excluding hydrogens is 250 g/mol. The standard InChI is InChI=1S/C17H23NO2/c1-2-6-16-14(5-1)15(12-19-16)18-11-13-7-10-17(20-13)8-3-4-9-17/h1-2,5-6,13,15,18H,3-4,7-12H2. The Morgan fingerprint density at radius 3 is 2.90 bits per heavy atom. The minimum atomic E-state index is 0.246. The summed E-state index contributed by atoms with van der Waals surface area (Å²) in [6, 6.07) is 8.66. The fraction of sp³-hybridized carbons (Fsp3) is 0.647. The molecule has 1 spiro atoms. The first kappa shape index (κ1) is 12.7. The maximum absolute atomic E-state index is 6.35. The first-order valence-corrected chi connectivity index (χ1v) is 7.98. The van der Waals surface area contributed by atoms with E-state index in [0.717, 1.165) is 18.9 Å². The highest BCUT2D eigenvalue weighted by atomic mass is 16.5. The SMILES string of the molecule is c1ccc2c(c1)OCC2NCC1CCC2(CCCC2)O1. The van der Waals surface area contributed by atoms with E-state index >= 15 is 0 Å². The third kappa shape index (κ3) is 2.23. The van der Waals surface area contributed by atoms with Gasteiger partial charge in [0.15, 0.2) is 0 Å². The second-order valence-electron chi connectivity index (χ2n) is 6.48. The van der Waals surface area contributed by atoms with Crippen LogP contribution in [0.5, 0.6) is 5.75 Å². The second-order valence-corrected chi connectivity index (χ2v) is 6.48. The van der Waals surface area contributed by atoms with E-state index in [1.54, 1.807) is 0 Å². The molecule has 0 amide bonds. The van der Waals surface area contributed by atoms with Gasteiger partial charge in [-0.3, -0.25) is 0 Å². The molecule has 2 atom stereocenters. The van der Waals surface area contributed by atoms with Crippen LogP contribution in [-0.4, -0.2) is 24.9 Å². The Balaban J connectivity index is 1.34. The first-order chi connectivity index (χ1) is 9.85. The summed E-state index contributed by atoms with van der Waals surface area (Å²) in [5.74, 6) is 1.03. The van der Waals surface area contributed by atoms with Crippen LogP contribution in [0.15, 0.2) is 24.3 Å². The second kappa shape index (κ2) is 5.05. The third-order valence-corrected chi connectivity index (χ3v) is 5.15. The molecule has 1 saturated heterocycles. The molecule has 1 aromatic rings. The van der Waals surface area contributed by atoms with Crippen molar-refractivity contribution in [3.63, 3.8) is 0 Å². The fourth-order valence-corrected chi connectivity index (χ4v) is 4.03. The molecule has 4 rings (SSSR count). The molecule has 1 aliphatic carbocycles. The molecule has 2 heterocycles. The summed E-state index contributed by atoms with van der Waals surface area (Å²) in [5.41, 5.74) is 1.54. The molecule has 0 radical (unpaired) electrons. The van der Waals surface area contributed by atoms with Gasteiger partial charge in [-0.1, -0.05) is 31.0 Å². The van der Waals surface area contributed by atoms with Crippen LogP contribution in [0.4, 0.5) is 0 Å². The Kier molecular flexibility index (Phi) is 3.20. The van der Waals surface area contributed by atoms with Gasteiger partial charge in [0.1, 0.15) is 12.4 Å². The van der Waals surface area contributed by atoms with Gasteiger partial charge in [-0.05, 0) is 31.7 Å².